The van der Waals surface area contributed by atoms with E-state index in [0.717, 1.165) is 0 Å². The van der Waals surface area contributed by atoms with Crippen LogP contribution in [0.25, 0.3) is 11.4 Å². The molecule has 0 spiro atoms. The van der Waals surface area contributed by atoms with E-state index in [1.54, 1.807) is 25.2 Å². The van der Waals surface area contributed by atoms with Crippen LogP contribution in [0.1, 0.15) is 5.56 Å². The van der Waals surface area contributed by atoms with Gasteiger partial charge in [-0.15, -0.1) is 5.10 Å². The molecule has 0 saturated carbocycles. The first-order valence-electron chi connectivity index (χ1n) is 5.70. The van der Waals surface area contributed by atoms with Crippen molar-refractivity contribution in [2.24, 2.45) is 23.5 Å². The predicted octanol–water partition coefficient (Wildman–Crippen LogP) is -0.978. The third-order valence-corrected chi connectivity index (χ3v) is 3.26. The summed E-state index contributed by atoms with van der Waals surface area (Å²) in [7, 11) is 1.73. The molecule has 0 saturated heterocycles. The van der Waals surface area contributed by atoms with Gasteiger partial charge in [-0.25, -0.2) is 9.67 Å². The molecule has 0 amide bonds. The van der Waals surface area contributed by atoms with Gasteiger partial charge in [0.1, 0.15) is 0 Å². The summed E-state index contributed by atoms with van der Waals surface area (Å²) in [6.07, 6.45) is 0. The molecule has 1 unspecified atom stereocenters. The standard InChI is InChI=1S/C10H12ClN9/c1-20-8(15-18-19-20)6-3-2-5(4-7(6)11)10(13)14-9(12)16-17-10/h2-4,17H,13H2,1H3,(H3,12,14,16). The minimum atomic E-state index is -1.15. The summed E-state index contributed by atoms with van der Waals surface area (Å²) in [5, 5.41) is 11.7. The van der Waals surface area contributed by atoms with E-state index in [1.165, 1.54) is 4.68 Å². The van der Waals surface area contributed by atoms with Crippen LogP contribution in [0.5, 0.6) is 0 Å². The van der Waals surface area contributed by atoms with Crippen LogP contribution in [0, 0.1) is 0 Å². The molecular weight excluding hydrogens is 282 g/mol. The third kappa shape index (κ3) is 1.97. The Hall–Kier alpha value is -2.23. The van der Waals surface area contributed by atoms with Gasteiger partial charge in [0.25, 0.3) is 0 Å². The third-order valence-electron chi connectivity index (χ3n) is 2.95. The fraction of sp³-hybridized carbons (Fsp3) is 0.200. The van der Waals surface area contributed by atoms with Gasteiger partial charge in [-0.2, -0.15) is 5.43 Å². The molecule has 10 heteroatoms. The molecule has 6 N–H and O–H groups in total. The van der Waals surface area contributed by atoms with E-state index >= 15 is 0 Å². The monoisotopic (exact) mass is 293 g/mol. The molecule has 20 heavy (non-hydrogen) atoms. The van der Waals surface area contributed by atoms with Crippen molar-refractivity contribution < 1.29 is 0 Å². The number of guanidine groups is 1. The Bertz CT molecular complexity index is 694. The molecule has 0 radical (unpaired) electrons. The maximum absolute atomic E-state index is 6.28. The molecule has 1 aromatic heterocycles. The lowest BCUT2D eigenvalue weighted by molar-refractivity contribution is 0.375. The number of hydrogen-bond acceptors (Lipinski definition) is 8. The fourth-order valence-corrected chi connectivity index (χ4v) is 2.20. The van der Waals surface area contributed by atoms with E-state index in [1.807, 2.05) is 0 Å². The van der Waals surface area contributed by atoms with Gasteiger partial charge in [-0.05, 0) is 22.6 Å². The van der Waals surface area contributed by atoms with Crippen molar-refractivity contribution in [2.75, 3.05) is 0 Å². The number of aromatic nitrogens is 4. The molecule has 2 heterocycles. The Morgan fingerprint density at radius 3 is 2.75 bits per heavy atom. The van der Waals surface area contributed by atoms with Crippen LogP contribution in [-0.2, 0) is 12.8 Å². The van der Waals surface area contributed by atoms with Crippen LogP contribution < -0.4 is 22.3 Å². The largest absolute Gasteiger partial charge is 0.369 e. The number of nitrogens with one attached hydrogen (secondary N) is 2. The first kappa shape index (κ1) is 12.8. The molecule has 1 aliphatic rings. The maximum atomic E-state index is 6.28. The second kappa shape index (κ2) is 4.40. The zero-order valence-electron chi connectivity index (χ0n) is 10.5. The fourth-order valence-electron chi connectivity index (χ4n) is 1.93. The van der Waals surface area contributed by atoms with Gasteiger partial charge in [0, 0.05) is 18.2 Å². The lowest BCUT2D eigenvalue weighted by atomic mass is 10.1. The number of hydrazine groups is 1. The number of tetrazole rings is 1. The normalized spacial score (nSPS) is 21.6. The minimum Gasteiger partial charge on any atom is -0.369 e. The molecule has 2 aromatic rings. The predicted molar refractivity (Wildman–Crippen MR) is 73.0 cm³/mol. The SMILES string of the molecule is Cn1nnnc1-c1ccc(C2(N)N=C(N)NN2)cc1Cl. The van der Waals surface area contributed by atoms with Crippen LogP contribution >= 0.6 is 11.6 Å². The molecule has 1 aromatic carbocycles. The Kier molecular flexibility index (Phi) is 2.82. The number of rotatable bonds is 2. The van der Waals surface area contributed by atoms with Crippen molar-refractivity contribution in [1.29, 1.82) is 0 Å². The number of aryl methyl sites for hydroxylation is 1. The van der Waals surface area contributed by atoms with Crippen LogP contribution in [0.2, 0.25) is 5.02 Å². The number of nitrogens with two attached hydrogens (primary N) is 2. The van der Waals surface area contributed by atoms with Crippen molar-refractivity contribution in [2.45, 2.75) is 5.79 Å². The number of halogens is 1. The summed E-state index contributed by atoms with van der Waals surface area (Å²) in [5.74, 6) is -0.372. The number of aliphatic imine (C=N–C) groups is 1. The molecule has 104 valence electrons. The molecule has 3 rings (SSSR count). The molecular formula is C10H12ClN9. The Balaban J connectivity index is 2.03. The molecule has 0 fully saturated rings. The van der Waals surface area contributed by atoms with Crippen LogP contribution in [0.4, 0.5) is 0 Å². The van der Waals surface area contributed by atoms with Crippen LogP contribution in [0.3, 0.4) is 0 Å². The van der Waals surface area contributed by atoms with E-state index in [2.05, 4.69) is 31.4 Å². The van der Waals surface area contributed by atoms with Gasteiger partial charge in [-0.1, -0.05) is 17.7 Å². The van der Waals surface area contributed by atoms with Crippen LogP contribution in [0.15, 0.2) is 23.2 Å². The van der Waals surface area contributed by atoms with E-state index in [0.29, 0.717) is 22.0 Å². The minimum absolute atomic E-state index is 0.213. The van der Waals surface area contributed by atoms with Gasteiger partial charge in [0.15, 0.2) is 5.82 Å². The van der Waals surface area contributed by atoms with Crippen molar-refractivity contribution in [3.8, 4) is 11.4 Å². The highest BCUT2D eigenvalue weighted by atomic mass is 35.5. The first-order valence-corrected chi connectivity index (χ1v) is 6.07. The summed E-state index contributed by atoms with van der Waals surface area (Å²) in [6, 6.07) is 5.26. The second-order valence-corrected chi connectivity index (χ2v) is 4.74. The second-order valence-electron chi connectivity index (χ2n) is 4.33. The molecule has 9 nitrogen and oxygen atoms in total. The highest BCUT2D eigenvalue weighted by molar-refractivity contribution is 6.33. The van der Waals surface area contributed by atoms with E-state index in [4.69, 9.17) is 23.1 Å². The smallest absolute Gasteiger partial charge is 0.209 e. The summed E-state index contributed by atoms with van der Waals surface area (Å²) in [4.78, 5) is 4.09. The molecule has 1 aliphatic heterocycles. The average Bonchev–Trinajstić information content (AvgIpc) is 2.97. The number of nitrogens with zero attached hydrogens (tertiary/aromatic N) is 5. The summed E-state index contributed by atoms with van der Waals surface area (Å²) < 4.78 is 1.53. The lowest BCUT2D eigenvalue weighted by Crippen LogP contribution is -2.50. The van der Waals surface area contributed by atoms with Crippen molar-refractivity contribution in [3.63, 3.8) is 0 Å². The quantitative estimate of drug-likeness (QED) is 0.559. The lowest BCUT2D eigenvalue weighted by Gasteiger charge is -2.21. The van der Waals surface area contributed by atoms with Crippen molar-refractivity contribution in [3.05, 3.63) is 28.8 Å². The first-order chi connectivity index (χ1) is 9.49. The summed E-state index contributed by atoms with van der Waals surface area (Å²) >= 11 is 6.28. The highest BCUT2D eigenvalue weighted by Crippen LogP contribution is 2.30. The maximum Gasteiger partial charge on any atom is 0.209 e. The highest BCUT2D eigenvalue weighted by Gasteiger charge is 2.32. The average molecular weight is 294 g/mol. The topological polar surface area (TPSA) is 132 Å². The van der Waals surface area contributed by atoms with Crippen molar-refractivity contribution >= 4 is 17.6 Å². The Morgan fingerprint density at radius 2 is 2.20 bits per heavy atom. The van der Waals surface area contributed by atoms with E-state index in [-0.39, 0.29) is 5.96 Å². The zero-order chi connectivity index (χ0) is 14.3. The van der Waals surface area contributed by atoms with Crippen molar-refractivity contribution in [1.82, 2.24) is 31.1 Å². The van der Waals surface area contributed by atoms with Gasteiger partial charge in [0.05, 0.1) is 5.02 Å². The van der Waals surface area contributed by atoms with Gasteiger partial charge >= 0.3 is 0 Å². The molecule has 0 aliphatic carbocycles. The summed E-state index contributed by atoms with van der Waals surface area (Å²) in [6.45, 7) is 0. The van der Waals surface area contributed by atoms with E-state index in [9.17, 15) is 0 Å². The van der Waals surface area contributed by atoms with Gasteiger partial charge in [-0.3, -0.25) is 11.2 Å². The molecule has 1 atom stereocenters. The zero-order valence-corrected chi connectivity index (χ0v) is 11.3. The Morgan fingerprint density at radius 1 is 1.40 bits per heavy atom. The number of benzene rings is 1. The van der Waals surface area contributed by atoms with E-state index < -0.39 is 5.79 Å². The Labute approximate surface area is 119 Å². The van der Waals surface area contributed by atoms with Gasteiger partial charge in [0.2, 0.25) is 11.7 Å². The number of hydrogen-bond donors (Lipinski definition) is 4. The van der Waals surface area contributed by atoms with Crippen LogP contribution in [-0.4, -0.2) is 26.2 Å². The van der Waals surface area contributed by atoms with Gasteiger partial charge < -0.3 is 5.73 Å². The molecule has 0 bridgehead atoms. The summed E-state index contributed by atoms with van der Waals surface area (Å²) in [5.41, 5.74) is 18.4.